The largest absolute Gasteiger partial charge is 0.362 e. The third kappa shape index (κ3) is 3.75. The Bertz CT molecular complexity index is 87.0. The predicted octanol–water partition coefficient (Wildman–Crippen LogP) is 2.18. The summed E-state index contributed by atoms with van der Waals surface area (Å²) in [7, 11) is 0. The van der Waals surface area contributed by atoms with Crippen molar-refractivity contribution < 1.29 is 0 Å². The topological polar surface area (TPSA) is 3.24 Å². The van der Waals surface area contributed by atoms with E-state index in [-0.39, 0.29) is 11.9 Å². The Morgan fingerprint density at radius 2 is 2.00 bits per heavy atom. The van der Waals surface area contributed by atoms with Crippen LogP contribution in [0.3, 0.4) is 0 Å². The molecule has 0 saturated heterocycles. The van der Waals surface area contributed by atoms with Crippen LogP contribution in [0.4, 0.5) is 0 Å². The zero-order valence-electron chi connectivity index (χ0n) is 6.12. The zero-order chi connectivity index (χ0) is 7.49. The molecule has 0 aromatic heterocycles. The van der Waals surface area contributed by atoms with Crippen LogP contribution in [-0.4, -0.2) is 26.0 Å². The number of nitrogens with zero attached hydrogens (tertiary/aromatic N) is 1. The Morgan fingerprint density at radius 1 is 1.56 bits per heavy atom. The Hall–Kier alpha value is 1.95. The molecule has 0 atom stereocenters. The normalized spacial score (nSPS) is 12.2. The first-order valence-electron chi connectivity index (χ1n) is 3.04. The molecule has 9 heavy (non-hydrogen) atoms. The quantitative estimate of drug-likeness (QED) is 0.420. The van der Waals surface area contributed by atoms with Crippen molar-refractivity contribution in [1.82, 2.24) is 3.11 Å². The van der Waals surface area contributed by atoms with Gasteiger partial charge in [0.2, 0.25) is 0 Å². The van der Waals surface area contributed by atoms with Crippen molar-refractivity contribution in [3.8, 4) is 0 Å². The molecule has 0 unspecified atom stereocenters. The van der Waals surface area contributed by atoms with Crippen LogP contribution < -0.4 is 0 Å². The summed E-state index contributed by atoms with van der Waals surface area (Å²) in [6.45, 7) is 8.00. The lowest BCUT2D eigenvalue weighted by Gasteiger charge is -2.30. The molecule has 0 aliphatic heterocycles. The van der Waals surface area contributed by atoms with Gasteiger partial charge in [0.15, 0.2) is 0 Å². The Morgan fingerprint density at radius 3 is 2.11 bits per heavy atom. The van der Waals surface area contributed by atoms with Crippen LogP contribution in [-0.2, 0) is 0 Å². The maximum Gasteiger partial charge on any atom is 0.362 e. The molecule has 0 aliphatic rings. The lowest BCUT2D eigenvalue weighted by Crippen LogP contribution is -2.40. The van der Waals surface area contributed by atoms with Crippen molar-refractivity contribution in [1.29, 1.82) is 0 Å². The molecule has 0 aliphatic carbocycles. The average molecular weight is 367 g/mol. The van der Waals surface area contributed by atoms with Gasteiger partial charge in [-0.15, -0.1) is 0 Å². The molecule has 0 rings (SSSR count). The fourth-order valence-corrected chi connectivity index (χ4v) is 4.55. The minimum Gasteiger partial charge on any atom is -0.255 e. The second-order valence-electron chi connectivity index (χ2n) is 2.62. The van der Waals surface area contributed by atoms with Gasteiger partial charge >= 0.3 is 11.9 Å². The Kier molecular flexibility index (Phi) is 5.79. The minimum absolute atomic E-state index is 0.0719. The summed E-state index contributed by atoms with van der Waals surface area (Å²) < 4.78 is 2.89. The van der Waals surface area contributed by atoms with E-state index in [2.05, 4.69) is 67.0 Å². The van der Waals surface area contributed by atoms with Gasteiger partial charge in [-0.05, 0) is 4.40 Å². The van der Waals surface area contributed by atoms with Crippen molar-refractivity contribution in [2.75, 3.05) is 6.54 Å². The molecule has 0 aromatic carbocycles. The predicted molar refractivity (Wildman–Crippen MR) is 61.6 cm³/mol. The molecular formula is C5H12AlI2N. The minimum atomic E-state index is 0.0719. The lowest BCUT2D eigenvalue weighted by molar-refractivity contribution is 0.398. The van der Waals surface area contributed by atoms with Crippen molar-refractivity contribution in [2.24, 2.45) is 0 Å². The maximum atomic E-state index is 2.56. The Balaban J connectivity index is 3.80. The second kappa shape index (κ2) is 4.75. The van der Waals surface area contributed by atoms with E-state index in [1.165, 1.54) is 0 Å². The highest BCUT2D eigenvalue weighted by atomic mass is 127. The number of hydrogen-bond acceptors (Lipinski definition) is 1. The monoisotopic (exact) mass is 367 g/mol. The van der Waals surface area contributed by atoms with Crippen LogP contribution in [0.1, 0.15) is 20.8 Å². The van der Waals surface area contributed by atoms with Gasteiger partial charge < -0.3 is 0 Å². The summed E-state index contributed by atoms with van der Waals surface area (Å²) in [5.74, 6) is 0. The zero-order valence-corrected chi connectivity index (χ0v) is 11.8. The van der Waals surface area contributed by atoms with Gasteiger partial charge in [-0.1, -0.05) is 20.8 Å². The highest BCUT2D eigenvalue weighted by Crippen LogP contribution is 2.18. The van der Waals surface area contributed by atoms with Gasteiger partial charge in [0, 0.05) is 29.4 Å². The van der Waals surface area contributed by atoms with E-state index in [0.29, 0.717) is 4.40 Å². The fraction of sp³-hybridized carbons (Fsp3) is 1.00. The van der Waals surface area contributed by atoms with Crippen LogP contribution in [0.25, 0.3) is 0 Å². The van der Waals surface area contributed by atoms with Crippen LogP contribution in [0.5, 0.6) is 0 Å². The molecule has 1 nitrogen and oxygen atoms in total. The van der Waals surface area contributed by atoms with Crippen LogP contribution >= 0.6 is 43.1 Å². The second-order valence-corrected chi connectivity index (χ2v) is 8.08. The SMILES string of the molecule is CCN(I)[C](C)(C)[AlH][I]. The molecule has 54 valence electrons. The molecule has 0 radical (unpaired) electrons. The molecule has 0 heterocycles. The average Bonchev–Trinajstić information content (AvgIpc) is 1.86. The summed E-state index contributed by atoms with van der Waals surface area (Å²) in [6, 6.07) is 0. The standard InChI is InChI=1S/C5H11IN.Al.HI.H/c1-4-7(6)5(2)3;;;/h4H2,1-3H3;;1H;/q;+1;;/p-1. The van der Waals surface area contributed by atoms with E-state index in [0.717, 1.165) is 6.54 Å². The van der Waals surface area contributed by atoms with E-state index < -0.39 is 0 Å². The van der Waals surface area contributed by atoms with E-state index in [9.17, 15) is 0 Å². The van der Waals surface area contributed by atoms with E-state index >= 15 is 0 Å². The first kappa shape index (κ1) is 11.0. The van der Waals surface area contributed by atoms with E-state index in [4.69, 9.17) is 0 Å². The third-order valence-electron chi connectivity index (χ3n) is 1.26. The van der Waals surface area contributed by atoms with Crippen molar-refractivity contribution >= 4 is 55.1 Å². The molecule has 0 fully saturated rings. The molecule has 0 saturated carbocycles. The molecule has 0 amide bonds. The van der Waals surface area contributed by atoms with Crippen LogP contribution in [0.2, 0.25) is 0 Å². The van der Waals surface area contributed by atoms with Gasteiger partial charge in [0.05, 0.1) is 0 Å². The van der Waals surface area contributed by atoms with E-state index in [1.54, 1.807) is 0 Å². The van der Waals surface area contributed by atoms with Gasteiger partial charge in [0.1, 0.15) is 0 Å². The number of hydrogen-bond donors (Lipinski definition) is 0. The smallest absolute Gasteiger partial charge is 0.255 e. The highest BCUT2D eigenvalue weighted by molar-refractivity contribution is 14.1. The third-order valence-corrected chi connectivity index (χ3v) is 10.5. The molecule has 4 heteroatoms. The van der Waals surface area contributed by atoms with Gasteiger partial charge in [0.25, 0.3) is 0 Å². The fourth-order valence-electron chi connectivity index (χ4n) is 0.493. The summed E-state index contributed by atoms with van der Waals surface area (Å²) >= 11 is 5.04. The molecule has 0 N–H and O–H groups in total. The number of halogens is 2. The summed E-state index contributed by atoms with van der Waals surface area (Å²) in [4.78, 5) is 0. The molecule has 0 bridgehead atoms. The maximum absolute atomic E-state index is 2.56. The molecule has 0 aromatic rings. The van der Waals surface area contributed by atoms with Gasteiger partial charge in [-0.25, -0.2) is 20.3 Å². The van der Waals surface area contributed by atoms with Gasteiger partial charge in [-0.3, -0.25) is 3.11 Å². The first-order valence-corrected chi connectivity index (χ1v) is 9.82. The summed E-state index contributed by atoms with van der Waals surface area (Å²) in [5, 5.41) is 0. The van der Waals surface area contributed by atoms with Crippen molar-refractivity contribution in [3.05, 3.63) is 0 Å². The van der Waals surface area contributed by atoms with Crippen molar-refractivity contribution in [3.63, 3.8) is 0 Å². The van der Waals surface area contributed by atoms with Crippen LogP contribution in [0, 0.1) is 0 Å². The summed E-state index contributed by atoms with van der Waals surface area (Å²) in [6.07, 6.45) is 0. The lowest BCUT2D eigenvalue weighted by atomic mass is 10.4. The van der Waals surface area contributed by atoms with Crippen molar-refractivity contribution in [2.45, 2.75) is 25.2 Å². The van der Waals surface area contributed by atoms with Crippen LogP contribution in [0.15, 0.2) is 0 Å². The molecule has 0 spiro atoms. The Labute approximate surface area is 88.8 Å². The highest BCUT2D eigenvalue weighted by Gasteiger charge is 2.23. The van der Waals surface area contributed by atoms with Gasteiger partial charge in [-0.2, -0.15) is 0 Å². The first-order chi connectivity index (χ1) is 4.04. The number of rotatable bonds is 3. The summed E-state index contributed by atoms with van der Waals surface area (Å²) in [5.41, 5.74) is 0. The van der Waals surface area contributed by atoms with E-state index in [1.807, 2.05) is 0 Å². The molecular weight excluding hydrogens is 355 g/mol.